The summed E-state index contributed by atoms with van der Waals surface area (Å²) in [7, 11) is -1.81. The van der Waals surface area contributed by atoms with Gasteiger partial charge in [0, 0.05) is 40.3 Å². The van der Waals surface area contributed by atoms with Crippen LogP contribution in [0.5, 0.6) is 23.0 Å². The average molecular weight is 544 g/mol. The molecule has 3 aliphatic rings. The Labute approximate surface area is 222 Å². The smallest absolute Gasteiger partial charge is 0.240 e. The molecular formula is C26H29N3O8S. The molecular weight excluding hydrogens is 514 g/mol. The molecule has 2 N–H and O–H groups in total. The largest absolute Gasteiger partial charge is 0.486 e. The fourth-order valence-corrected chi connectivity index (χ4v) is 5.49. The number of rotatable bonds is 9. The van der Waals surface area contributed by atoms with Gasteiger partial charge in [-0.2, -0.15) is 0 Å². The van der Waals surface area contributed by atoms with Gasteiger partial charge in [-0.05, 0) is 37.1 Å². The molecule has 2 aliphatic heterocycles. The molecule has 0 spiro atoms. The molecule has 3 amide bonds. The number of hydrogen-bond donors (Lipinski definition) is 2. The van der Waals surface area contributed by atoms with Gasteiger partial charge in [0.05, 0.1) is 0 Å². The highest BCUT2D eigenvalue weighted by molar-refractivity contribution is 7.86. The molecule has 0 aromatic heterocycles. The van der Waals surface area contributed by atoms with Gasteiger partial charge in [0.1, 0.15) is 31.3 Å². The second-order valence-electron chi connectivity index (χ2n) is 9.20. The van der Waals surface area contributed by atoms with Crippen LogP contribution >= 0.6 is 0 Å². The van der Waals surface area contributed by atoms with Gasteiger partial charge in [0.25, 0.3) is 0 Å². The highest BCUT2D eigenvalue weighted by Crippen LogP contribution is 2.35. The van der Waals surface area contributed by atoms with Crippen molar-refractivity contribution in [2.45, 2.75) is 31.7 Å². The molecule has 5 rings (SSSR count). The fourth-order valence-electron chi connectivity index (χ4n) is 4.59. The quantitative estimate of drug-likeness (QED) is 0.491. The van der Waals surface area contributed by atoms with Crippen LogP contribution in [0.2, 0.25) is 0 Å². The Hall–Kier alpha value is -3.80. The number of hydrogen-bond acceptors (Lipinski definition) is 8. The first-order chi connectivity index (χ1) is 18.4. The maximum Gasteiger partial charge on any atom is 0.240 e. The molecule has 2 aromatic rings. The molecule has 2 heterocycles. The van der Waals surface area contributed by atoms with Gasteiger partial charge >= 0.3 is 0 Å². The molecule has 1 saturated carbocycles. The molecule has 2 aromatic carbocycles. The molecule has 1 unspecified atom stereocenters. The number of carbonyl (C=O) groups is 3. The van der Waals surface area contributed by atoms with Gasteiger partial charge in [-0.15, -0.1) is 0 Å². The van der Waals surface area contributed by atoms with Crippen molar-refractivity contribution < 1.29 is 37.5 Å². The third-order valence-electron chi connectivity index (χ3n) is 6.39. The Morgan fingerprint density at radius 1 is 0.842 bits per heavy atom. The molecule has 202 valence electrons. The van der Waals surface area contributed by atoms with Gasteiger partial charge in [0.2, 0.25) is 24.5 Å². The molecule has 0 radical (unpaired) electrons. The lowest BCUT2D eigenvalue weighted by Crippen LogP contribution is -2.45. The molecule has 12 heteroatoms. The van der Waals surface area contributed by atoms with Crippen molar-refractivity contribution in [1.29, 1.82) is 0 Å². The van der Waals surface area contributed by atoms with E-state index in [1.807, 2.05) is 0 Å². The van der Waals surface area contributed by atoms with Crippen LogP contribution in [0.4, 0.5) is 11.4 Å². The third kappa shape index (κ3) is 6.36. The van der Waals surface area contributed by atoms with Crippen LogP contribution in [0.1, 0.15) is 25.7 Å². The second-order valence-corrected chi connectivity index (χ2v) is 10.7. The first kappa shape index (κ1) is 25.8. The SMILES string of the molecule is O=C(CS(=O)CC(=O)N(CC(=O)NC1CCCC1)c1ccc2c(c1)OCCO2)Nc1ccc2c(c1)OCO2. The van der Waals surface area contributed by atoms with Crippen LogP contribution in [0, 0.1) is 0 Å². The van der Waals surface area contributed by atoms with Crippen molar-refractivity contribution in [2.24, 2.45) is 0 Å². The topological polar surface area (TPSA) is 133 Å². The first-order valence-electron chi connectivity index (χ1n) is 12.5. The standard InChI is InChI=1S/C26H29N3O8S/c30-24(27-17-3-1-2-4-17)13-29(19-6-8-20-23(12-19)35-10-9-34-20)26(32)15-38(33)14-25(31)28-18-5-7-21-22(11-18)37-16-36-21/h5-8,11-12,17H,1-4,9-10,13-16H2,(H,27,30)(H,28,31). The van der Waals surface area contributed by atoms with Crippen molar-refractivity contribution in [3.63, 3.8) is 0 Å². The second kappa shape index (κ2) is 11.7. The number of benzene rings is 2. The molecule has 11 nitrogen and oxygen atoms in total. The van der Waals surface area contributed by atoms with E-state index in [2.05, 4.69) is 10.6 Å². The van der Waals surface area contributed by atoms with Crippen molar-refractivity contribution in [2.75, 3.05) is 48.3 Å². The van der Waals surface area contributed by atoms with E-state index in [0.717, 1.165) is 25.7 Å². The normalized spacial score (nSPS) is 16.5. The lowest BCUT2D eigenvalue weighted by Gasteiger charge is -2.25. The zero-order valence-corrected chi connectivity index (χ0v) is 21.6. The Kier molecular flexibility index (Phi) is 7.97. The minimum atomic E-state index is -1.81. The summed E-state index contributed by atoms with van der Waals surface area (Å²) in [6, 6.07) is 9.98. The Bertz CT molecular complexity index is 1250. The van der Waals surface area contributed by atoms with E-state index in [1.165, 1.54) is 4.90 Å². The van der Waals surface area contributed by atoms with E-state index >= 15 is 0 Å². The summed E-state index contributed by atoms with van der Waals surface area (Å²) in [4.78, 5) is 39.8. The zero-order chi connectivity index (χ0) is 26.5. The Balaban J connectivity index is 1.23. The lowest BCUT2D eigenvalue weighted by molar-refractivity contribution is -0.123. The highest BCUT2D eigenvalue weighted by atomic mass is 32.2. The van der Waals surface area contributed by atoms with Crippen molar-refractivity contribution in [3.8, 4) is 23.0 Å². The van der Waals surface area contributed by atoms with Crippen LogP contribution in [-0.4, -0.2) is 66.0 Å². The molecule has 0 saturated heterocycles. The number of carbonyl (C=O) groups excluding carboxylic acids is 3. The average Bonchev–Trinajstić information content (AvgIpc) is 3.58. The minimum Gasteiger partial charge on any atom is -0.486 e. The maximum atomic E-state index is 13.3. The zero-order valence-electron chi connectivity index (χ0n) is 20.7. The third-order valence-corrected chi connectivity index (χ3v) is 7.55. The predicted molar refractivity (Wildman–Crippen MR) is 139 cm³/mol. The number of fused-ring (bicyclic) bond motifs is 2. The van der Waals surface area contributed by atoms with E-state index in [-0.39, 0.29) is 31.0 Å². The monoisotopic (exact) mass is 543 g/mol. The van der Waals surface area contributed by atoms with E-state index < -0.39 is 28.4 Å². The van der Waals surface area contributed by atoms with E-state index in [9.17, 15) is 18.6 Å². The Morgan fingerprint density at radius 3 is 2.34 bits per heavy atom. The summed E-state index contributed by atoms with van der Waals surface area (Å²) < 4.78 is 34.5. The van der Waals surface area contributed by atoms with Crippen LogP contribution in [0.3, 0.4) is 0 Å². The van der Waals surface area contributed by atoms with Gasteiger partial charge in [-0.3, -0.25) is 18.6 Å². The van der Waals surface area contributed by atoms with Gasteiger partial charge in [-0.25, -0.2) is 0 Å². The van der Waals surface area contributed by atoms with E-state index in [4.69, 9.17) is 18.9 Å². The number of anilines is 2. The van der Waals surface area contributed by atoms with Crippen molar-refractivity contribution in [1.82, 2.24) is 5.32 Å². The van der Waals surface area contributed by atoms with E-state index in [0.29, 0.717) is 47.6 Å². The highest BCUT2D eigenvalue weighted by Gasteiger charge is 2.26. The van der Waals surface area contributed by atoms with Crippen LogP contribution in [0.25, 0.3) is 0 Å². The lowest BCUT2D eigenvalue weighted by atomic mass is 10.2. The molecule has 38 heavy (non-hydrogen) atoms. The summed E-state index contributed by atoms with van der Waals surface area (Å²) in [5.41, 5.74) is 0.881. The Morgan fingerprint density at radius 2 is 1.53 bits per heavy atom. The summed E-state index contributed by atoms with van der Waals surface area (Å²) in [5, 5.41) is 5.64. The number of nitrogens with one attached hydrogen (secondary N) is 2. The molecule has 1 aliphatic carbocycles. The molecule has 0 bridgehead atoms. The number of ether oxygens (including phenoxy) is 4. The molecule has 1 fully saturated rings. The van der Waals surface area contributed by atoms with Crippen LogP contribution < -0.4 is 34.5 Å². The summed E-state index contributed by atoms with van der Waals surface area (Å²) in [6.07, 6.45) is 3.94. The first-order valence-corrected chi connectivity index (χ1v) is 14.0. The fraction of sp³-hybridized carbons (Fsp3) is 0.423. The van der Waals surface area contributed by atoms with E-state index in [1.54, 1.807) is 36.4 Å². The van der Waals surface area contributed by atoms with Crippen LogP contribution in [0.15, 0.2) is 36.4 Å². The predicted octanol–water partition coefficient (Wildman–Crippen LogP) is 1.97. The summed E-state index contributed by atoms with van der Waals surface area (Å²) in [6.45, 7) is 0.661. The minimum absolute atomic E-state index is 0.0914. The van der Waals surface area contributed by atoms with Gasteiger partial charge in [-0.1, -0.05) is 12.8 Å². The number of nitrogens with zero attached hydrogens (tertiary/aromatic N) is 1. The van der Waals surface area contributed by atoms with Crippen LogP contribution in [-0.2, 0) is 25.2 Å². The van der Waals surface area contributed by atoms with Crippen molar-refractivity contribution >= 4 is 39.9 Å². The van der Waals surface area contributed by atoms with Gasteiger partial charge < -0.3 is 34.5 Å². The summed E-state index contributed by atoms with van der Waals surface area (Å²) >= 11 is 0. The van der Waals surface area contributed by atoms with Crippen molar-refractivity contribution in [3.05, 3.63) is 36.4 Å². The van der Waals surface area contributed by atoms with Gasteiger partial charge in [0.15, 0.2) is 23.0 Å². The maximum absolute atomic E-state index is 13.3. The molecule has 1 atom stereocenters. The number of amides is 3. The summed E-state index contributed by atoms with van der Waals surface area (Å²) in [5.74, 6) is -0.0795.